The van der Waals surface area contributed by atoms with E-state index in [2.05, 4.69) is 12.2 Å². The van der Waals surface area contributed by atoms with Crippen molar-refractivity contribution in [3.05, 3.63) is 53.3 Å². The van der Waals surface area contributed by atoms with Crippen molar-refractivity contribution >= 4 is 5.97 Å². The molecule has 1 aromatic rings. The molecule has 0 fully saturated rings. The number of rotatable bonds is 1. The number of carboxylic acid groups (broad SMARTS) is 1. The Hall–Kier alpha value is -2.03. The van der Waals surface area contributed by atoms with Gasteiger partial charge in [-0.25, -0.2) is 4.79 Å². The van der Waals surface area contributed by atoms with Gasteiger partial charge in [-0.1, -0.05) is 12.2 Å². The van der Waals surface area contributed by atoms with Gasteiger partial charge in [0.15, 0.2) is 0 Å². The van der Waals surface area contributed by atoms with Crippen molar-refractivity contribution in [2.24, 2.45) is 0 Å². The third-order valence-electron chi connectivity index (χ3n) is 3.26. The fourth-order valence-corrected chi connectivity index (χ4v) is 2.37. The fourth-order valence-electron chi connectivity index (χ4n) is 2.37. The molecular weight excluding hydrogens is 216 g/mol. The van der Waals surface area contributed by atoms with Gasteiger partial charge < -0.3 is 9.84 Å². The van der Waals surface area contributed by atoms with Crippen LogP contribution in [0.4, 0.5) is 0 Å². The van der Waals surface area contributed by atoms with Crippen molar-refractivity contribution < 1.29 is 14.6 Å². The van der Waals surface area contributed by atoms with Crippen LogP contribution >= 0.6 is 0 Å². The lowest BCUT2D eigenvalue weighted by atomic mass is 9.83. The van der Waals surface area contributed by atoms with Gasteiger partial charge >= 0.3 is 5.97 Å². The molecule has 1 heterocycles. The van der Waals surface area contributed by atoms with Crippen LogP contribution in [0.5, 0.6) is 5.75 Å². The predicted octanol–water partition coefficient (Wildman–Crippen LogP) is 3.09. The van der Waals surface area contributed by atoms with Crippen LogP contribution in [0.3, 0.4) is 0 Å². The molecule has 0 spiro atoms. The lowest BCUT2D eigenvalue weighted by Crippen LogP contribution is -2.12. The highest BCUT2D eigenvalue weighted by molar-refractivity contribution is 5.88. The van der Waals surface area contributed by atoms with E-state index in [1.807, 2.05) is 0 Å². The van der Waals surface area contributed by atoms with Crippen LogP contribution in [-0.2, 0) is 0 Å². The van der Waals surface area contributed by atoms with E-state index in [4.69, 9.17) is 9.84 Å². The molecule has 0 saturated carbocycles. The summed E-state index contributed by atoms with van der Waals surface area (Å²) >= 11 is 0. The first-order valence-electron chi connectivity index (χ1n) is 5.65. The van der Waals surface area contributed by atoms with E-state index in [0.29, 0.717) is 5.56 Å². The molecule has 1 aromatic carbocycles. The van der Waals surface area contributed by atoms with Crippen LogP contribution in [0.2, 0.25) is 0 Å². The fraction of sp³-hybridized carbons (Fsp3) is 0.214. The molecule has 0 saturated heterocycles. The summed E-state index contributed by atoms with van der Waals surface area (Å²) in [5.41, 5.74) is 2.49. The average molecular weight is 228 g/mol. The van der Waals surface area contributed by atoms with Gasteiger partial charge in [-0.2, -0.15) is 0 Å². The molecule has 1 N–H and O–H groups in total. The van der Waals surface area contributed by atoms with Crippen molar-refractivity contribution in [1.29, 1.82) is 0 Å². The molecule has 2 aliphatic rings. The average Bonchev–Trinajstić information content (AvgIpc) is 2.38. The zero-order valence-electron chi connectivity index (χ0n) is 9.22. The SMILES string of the molecule is O=C(O)c1ccc2c(c1)C1C=CCCC1=CO2. The third kappa shape index (κ3) is 1.64. The van der Waals surface area contributed by atoms with Crippen molar-refractivity contribution in [1.82, 2.24) is 0 Å². The highest BCUT2D eigenvalue weighted by atomic mass is 16.5. The topological polar surface area (TPSA) is 46.5 Å². The summed E-state index contributed by atoms with van der Waals surface area (Å²) in [4.78, 5) is 11.0. The Bertz CT molecular complexity index is 540. The number of hydrogen-bond acceptors (Lipinski definition) is 2. The van der Waals surface area contributed by atoms with Gasteiger partial charge in [0, 0.05) is 11.5 Å². The molecular formula is C14H12O3. The van der Waals surface area contributed by atoms with E-state index in [9.17, 15) is 4.79 Å². The maximum Gasteiger partial charge on any atom is 0.335 e. The molecule has 0 aromatic heterocycles. The number of hydrogen-bond donors (Lipinski definition) is 1. The first-order chi connectivity index (χ1) is 8.25. The van der Waals surface area contributed by atoms with Crippen LogP contribution in [0.15, 0.2) is 42.2 Å². The van der Waals surface area contributed by atoms with Gasteiger partial charge in [0.1, 0.15) is 5.75 Å². The normalized spacial score (nSPS) is 20.9. The van der Waals surface area contributed by atoms with Gasteiger partial charge in [0.25, 0.3) is 0 Å². The Morgan fingerprint density at radius 1 is 1.41 bits per heavy atom. The maximum atomic E-state index is 11.0. The molecule has 3 heteroatoms. The Kier molecular flexibility index (Phi) is 2.25. The van der Waals surface area contributed by atoms with Crippen molar-refractivity contribution in [3.63, 3.8) is 0 Å². The number of benzene rings is 1. The zero-order valence-corrected chi connectivity index (χ0v) is 9.22. The largest absolute Gasteiger partial charge is 0.478 e. The van der Waals surface area contributed by atoms with E-state index in [0.717, 1.165) is 24.2 Å². The summed E-state index contributed by atoms with van der Waals surface area (Å²) in [5.74, 6) is 0.0470. The molecule has 1 aliphatic carbocycles. The Labute approximate surface area is 99.0 Å². The Morgan fingerprint density at radius 3 is 3.12 bits per heavy atom. The van der Waals surface area contributed by atoms with Gasteiger partial charge in [0.05, 0.1) is 11.8 Å². The Balaban J connectivity index is 2.10. The smallest absolute Gasteiger partial charge is 0.335 e. The van der Waals surface area contributed by atoms with Crippen LogP contribution < -0.4 is 4.74 Å². The van der Waals surface area contributed by atoms with Crippen molar-refractivity contribution in [2.75, 3.05) is 0 Å². The molecule has 1 unspecified atom stereocenters. The lowest BCUT2D eigenvalue weighted by Gasteiger charge is -2.27. The van der Waals surface area contributed by atoms with Crippen molar-refractivity contribution in [3.8, 4) is 5.75 Å². The molecule has 86 valence electrons. The van der Waals surface area contributed by atoms with E-state index in [-0.39, 0.29) is 5.92 Å². The van der Waals surface area contributed by atoms with Crippen LogP contribution in [0.25, 0.3) is 0 Å². The molecule has 3 nitrogen and oxygen atoms in total. The van der Waals surface area contributed by atoms with E-state index >= 15 is 0 Å². The summed E-state index contributed by atoms with van der Waals surface area (Å²) in [6, 6.07) is 5.02. The number of carbonyl (C=O) groups is 1. The second-order valence-electron chi connectivity index (χ2n) is 4.31. The minimum Gasteiger partial charge on any atom is -0.478 e. The number of fused-ring (bicyclic) bond motifs is 3. The molecule has 3 rings (SSSR count). The van der Waals surface area contributed by atoms with Crippen LogP contribution in [-0.4, -0.2) is 11.1 Å². The van der Waals surface area contributed by atoms with E-state index in [1.165, 1.54) is 5.57 Å². The number of allylic oxidation sites excluding steroid dienone is 3. The Morgan fingerprint density at radius 2 is 2.29 bits per heavy atom. The minimum absolute atomic E-state index is 0.187. The predicted molar refractivity (Wildman–Crippen MR) is 63.2 cm³/mol. The summed E-state index contributed by atoms with van der Waals surface area (Å²) in [6.45, 7) is 0. The van der Waals surface area contributed by atoms with Gasteiger partial charge in [-0.15, -0.1) is 0 Å². The van der Waals surface area contributed by atoms with Gasteiger partial charge in [0.2, 0.25) is 0 Å². The minimum atomic E-state index is -0.899. The summed E-state index contributed by atoms with van der Waals surface area (Å²) in [5, 5.41) is 9.01. The summed E-state index contributed by atoms with van der Waals surface area (Å²) in [7, 11) is 0. The standard InChI is InChI=1S/C14H12O3/c15-14(16)9-5-6-13-12(7-9)11-4-2-1-3-10(11)8-17-13/h2,4-8,11H,1,3H2,(H,15,16). The number of aromatic carboxylic acids is 1. The highest BCUT2D eigenvalue weighted by Crippen LogP contribution is 2.41. The first kappa shape index (κ1) is 10.1. The number of carboxylic acids is 1. The monoisotopic (exact) mass is 228 g/mol. The van der Waals surface area contributed by atoms with Crippen LogP contribution in [0, 0.1) is 0 Å². The summed E-state index contributed by atoms with van der Waals surface area (Å²) in [6.07, 6.45) is 8.08. The second kappa shape index (κ2) is 3.77. The third-order valence-corrected chi connectivity index (χ3v) is 3.26. The molecule has 0 radical (unpaired) electrons. The first-order valence-corrected chi connectivity index (χ1v) is 5.65. The van der Waals surface area contributed by atoms with Crippen LogP contribution in [0.1, 0.15) is 34.7 Å². The molecule has 0 amide bonds. The second-order valence-corrected chi connectivity index (χ2v) is 4.31. The maximum absolute atomic E-state index is 11.0. The molecule has 1 aliphatic heterocycles. The highest BCUT2D eigenvalue weighted by Gasteiger charge is 2.25. The number of ether oxygens (including phenoxy) is 1. The van der Waals surface area contributed by atoms with Gasteiger partial charge in [-0.3, -0.25) is 0 Å². The van der Waals surface area contributed by atoms with Crippen molar-refractivity contribution in [2.45, 2.75) is 18.8 Å². The lowest BCUT2D eigenvalue weighted by molar-refractivity contribution is 0.0696. The van der Waals surface area contributed by atoms with E-state index in [1.54, 1.807) is 24.5 Å². The van der Waals surface area contributed by atoms with Gasteiger partial charge in [-0.05, 0) is 36.6 Å². The molecule has 0 bridgehead atoms. The summed E-state index contributed by atoms with van der Waals surface area (Å²) < 4.78 is 5.54. The van der Waals surface area contributed by atoms with E-state index < -0.39 is 5.97 Å². The zero-order chi connectivity index (χ0) is 11.8. The molecule has 17 heavy (non-hydrogen) atoms. The molecule has 1 atom stereocenters. The quantitative estimate of drug-likeness (QED) is 0.751.